The van der Waals surface area contributed by atoms with Gasteiger partial charge in [0, 0.05) is 11.8 Å². The molecule has 120 valence electrons. The molecule has 0 unspecified atom stereocenters. The first-order valence-electron chi connectivity index (χ1n) is 6.13. The van der Waals surface area contributed by atoms with E-state index in [4.69, 9.17) is 14.5 Å². The fraction of sp³-hybridized carbons (Fsp3) is 0.700. The normalized spacial score (nSPS) is 33.9. The summed E-state index contributed by atoms with van der Waals surface area (Å²) < 4.78 is 20.3. The summed E-state index contributed by atoms with van der Waals surface area (Å²) in [6.07, 6.45) is -3.25. The monoisotopic (exact) mass is 324 g/mol. The number of rotatable bonds is 4. The molecule has 2 heterocycles. The van der Waals surface area contributed by atoms with Crippen LogP contribution in [0.4, 0.5) is 0 Å². The van der Waals surface area contributed by atoms with E-state index in [1.807, 2.05) is 0 Å². The highest BCUT2D eigenvalue weighted by molar-refractivity contribution is 7.46. The number of phosphoric ester groups is 1. The Bertz CT molecular complexity index is 491. The zero-order chi connectivity index (χ0) is 15.8. The van der Waals surface area contributed by atoms with E-state index in [9.17, 15) is 19.6 Å². The predicted molar refractivity (Wildman–Crippen MR) is 67.3 cm³/mol. The van der Waals surface area contributed by atoms with Gasteiger partial charge in [-0.2, -0.15) is 0 Å². The molecule has 2 aliphatic heterocycles. The van der Waals surface area contributed by atoms with Crippen molar-refractivity contribution < 1.29 is 38.6 Å². The maximum atomic E-state index is 11.3. The first-order valence-corrected chi connectivity index (χ1v) is 7.66. The summed E-state index contributed by atoms with van der Waals surface area (Å²) >= 11 is 0. The molecule has 10 nitrogen and oxygen atoms in total. The fourth-order valence-electron chi connectivity index (χ4n) is 2.13. The van der Waals surface area contributed by atoms with Gasteiger partial charge in [-0.1, -0.05) is 0 Å². The highest BCUT2D eigenvalue weighted by Gasteiger charge is 2.46. The molecule has 1 amide bonds. The first kappa shape index (κ1) is 16.4. The van der Waals surface area contributed by atoms with Crippen LogP contribution in [0, 0.1) is 0 Å². The number of aliphatic hydroxyl groups is 2. The molecule has 5 N–H and O–H groups in total. The Hall–Kier alpha value is -1.00. The van der Waals surface area contributed by atoms with E-state index in [-0.39, 0.29) is 12.6 Å². The minimum Gasteiger partial charge on any atom is -0.387 e. The molecule has 0 saturated carbocycles. The summed E-state index contributed by atoms with van der Waals surface area (Å²) in [6.45, 7) is 1.09. The molecule has 11 heteroatoms. The molecular formula is C10H17N2O8P. The number of aliphatic hydroxyl groups excluding tert-OH is 2. The van der Waals surface area contributed by atoms with Gasteiger partial charge in [0.05, 0.1) is 13.3 Å². The Labute approximate surface area is 120 Å². The summed E-state index contributed by atoms with van der Waals surface area (Å²) in [7, 11) is -4.69. The molecule has 1 saturated heterocycles. The maximum absolute atomic E-state index is 11.3. The third kappa shape index (κ3) is 3.80. The van der Waals surface area contributed by atoms with Crippen LogP contribution >= 0.6 is 7.82 Å². The Morgan fingerprint density at radius 3 is 2.71 bits per heavy atom. The van der Waals surface area contributed by atoms with Crippen molar-refractivity contribution in [1.82, 2.24) is 10.2 Å². The van der Waals surface area contributed by atoms with Gasteiger partial charge in [0.2, 0.25) is 5.91 Å². The zero-order valence-corrected chi connectivity index (χ0v) is 12.0. The smallest absolute Gasteiger partial charge is 0.387 e. The molecule has 0 aliphatic carbocycles. The van der Waals surface area contributed by atoms with Crippen molar-refractivity contribution in [3.05, 3.63) is 11.8 Å². The predicted octanol–water partition coefficient (Wildman–Crippen LogP) is -2.16. The summed E-state index contributed by atoms with van der Waals surface area (Å²) in [5.41, 5.74) is 0.404. The first-order chi connectivity index (χ1) is 9.69. The molecule has 0 spiro atoms. The van der Waals surface area contributed by atoms with Gasteiger partial charge in [0.15, 0.2) is 6.23 Å². The van der Waals surface area contributed by atoms with Crippen LogP contribution in [0.2, 0.25) is 0 Å². The van der Waals surface area contributed by atoms with Gasteiger partial charge in [0.25, 0.3) is 0 Å². The average molecular weight is 324 g/mol. The third-order valence-electron chi connectivity index (χ3n) is 3.21. The Morgan fingerprint density at radius 2 is 2.14 bits per heavy atom. The number of amides is 1. The molecule has 0 radical (unpaired) electrons. The Morgan fingerprint density at radius 1 is 1.48 bits per heavy atom. The standard InChI is InChI=1S/C10H17N2O8P/c1-5-2-12(4-11-9(5)15)10-8(14)7(13)6(20-10)3-19-21(16,17)18/h2,6-8,10,13-14H,3-4H2,1H3,(H,11,15)(H2,16,17,18)/t6-,7-,8-,10-/m1/s1. The highest BCUT2D eigenvalue weighted by Crippen LogP contribution is 2.37. The highest BCUT2D eigenvalue weighted by atomic mass is 31.2. The second-order valence-corrected chi connectivity index (χ2v) is 6.06. The largest absolute Gasteiger partial charge is 0.469 e. The number of nitrogens with one attached hydrogen (secondary N) is 1. The second kappa shape index (κ2) is 6.01. The minimum absolute atomic E-state index is 0.0800. The van der Waals surface area contributed by atoms with Gasteiger partial charge in [-0.05, 0) is 6.92 Å². The van der Waals surface area contributed by atoms with Crippen molar-refractivity contribution in [2.24, 2.45) is 0 Å². The topological polar surface area (TPSA) is 149 Å². The number of carbonyl (C=O) groups is 1. The molecule has 0 aromatic carbocycles. The lowest BCUT2D eigenvalue weighted by Gasteiger charge is -2.32. The number of phosphoric acid groups is 1. The molecule has 0 bridgehead atoms. The second-order valence-electron chi connectivity index (χ2n) is 4.82. The molecule has 2 aliphatic rings. The van der Waals surface area contributed by atoms with E-state index in [0.29, 0.717) is 5.57 Å². The van der Waals surface area contributed by atoms with E-state index in [2.05, 4.69) is 9.84 Å². The Kier molecular flexibility index (Phi) is 4.69. The average Bonchev–Trinajstić information content (AvgIpc) is 2.67. The summed E-state index contributed by atoms with van der Waals surface area (Å²) in [5.74, 6) is -0.249. The lowest BCUT2D eigenvalue weighted by atomic mass is 10.1. The maximum Gasteiger partial charge on any atom is 0.469 e. The van der Waals surface area contributed by atoms with Crippen molar-refractivity contribution in [2.45, 2.75) is 31.5 Å². The SMILES string of the molecule is CC1=CN([C@@H]2O[C@H](COP(=O)(O)O)[C@@H](O)[C@H]2O)CNC1=O. The van der Waals surface area contributed by atoms with E-state index in [1.54, 1.807) is 6.92 Å². The van der Waals surface area contributed by atoms with Crippen LogP contribution in [-0.2, 0) is 18.6 Å². The van der Waals surface area contributed by atoms with Crippen molar-refractivity contribution >= 4 is 13.7 Å². The summed E-state index contributed by atoms with van der Waals surface area (Å²) in [4.78, 5) is 30.0. The van der Waals surface area contributed by atoms with Crippen molar-refractivity contribution in [1.29, 1.82) is 0 Å². The van der Waals surface area contributed by atoms with Crippen LogP contribution in [0.3, 0.4) is 0 Å². The van der Waals surface area contributed by atoms with Crippen molar-refractivity contribution in [3.63, 3.8) is 0 Å². The quantitative estimate of drug-likeness (QED) is 0.364. The van der Waals surface area contributed by atoms with Crippen LogP contribution in [0.25, 0.3) is 0 Å². The van der Waals surface area contributed by atoms with E-state index < -0.39 is 39.0 Å². The van der Waals surface area contributed by atoms with E-state index in [1.165, 1.54) is 11.1 Å². The van der Waals surface area contributed by atoms with Gasteiger partial charge >= 0.3 is 7.82 Å². The third-order valence-corrected chi connectivity index (χ3v) is 3.70. The van der Waals surface area contributed by atoms with Crippen LogP contribution in [-0.4, -0.2) is 68.6 Å². The fourth-order valence-corrected chi connectivity index (χ4v) is 2.47. The van der Waals surface area contributed by atoms with Crippen LogP contribution in [0.5, 0.6) is 0 Å². The van der Waals surface area contributed by atoms with Gasteiger partial charge in [-0.15, -0.1) is 0 Å². The zero-order valence-electron chi connectivity index (χ0n) is 11.1. The van der Waals surface area contributed by atoms with Crippen LogP contribution in [0.15, 0.2) is 11.8 Å². The van der Waals surface area contributed by atoms with Crippen LogP contribution < -0.4 is 5.32 Å². The molecule has 4 atom stereocenters. The molecular weight excluding hydrogens is 307 g/mol. The lowest BCUT2D eigenvalue weighted by molar-refractivity contribution is -0.122. The summed E-state index contributed by atoms with van der Waals surface area (Å²) in [6, 6.07) is 0. The number of nitrogens with zero attached hydrogens (tertiary/aromatic N) is 1. The minimum atomic E-state index is -4.69. The van der Waals surface area contributed by atoms with Crippen LogP contribution in [0.1, 0.15) is 6.92 Å². The van der Waals surface area contributed by atoms with Gasteiger partial charge < -0.3 is 35.0 Å². The van der Waals surface area contributed by atoms with E-state index in [0.717, 1.165) is 0 Å². The molecule has 21 heavy (non-hydrogen) atoms. The molecule has 0 aromatic rings. The van der Waals surface area contributed by atoms with Gasteiger partial charge in [-0.25, -0.2) is 4.57 Å². The van der Waals surface area contributed by atoms with Crippen molar-refractivity contribution in [3.8, 4) is 0 Å². The van der Waals surface area contributed by atoms with Gasteiger partial charge in [-0.3, -0.25) is 9.32 Å². The van der Waals surface area contributed by atoms with E-state index >= 15 is 0 Å². The molecule has 0 aromatic heterocycles. The summed E-state index contributed by atoms with van der Waals surface area (Å²) in [5, 5.41) is 22.3. The molecule has 1 fully saturated rings. The molecule has 2 rings (SSSR count). The number of hydrogen-bond acceptors (Lipinski definition) is 7. The van der Waals surface area contributed by atoms with Gasteiger partial charge in [0.1, 0.15) is 18.3 Å². The number of carbonyl (C=O) groups excluding carboxylic acids is 1. The van der Waals surface area contributed by atoms with Crippen molar-refractivity contribution in [2.75, 3.05) is 13.3 Å². The Balaban J connectivity index is 2.03. The number of ether oxygens (including phenoxy) is 1. The lowest BCUT2D eigenvalue weighted by Crippen LogP contribution is -2.49. The number of hydrogen-bond donors (Lipinski definition) is 5.